The van der Waals surface area contributed by atoms with Gasteiger partial charge in [-0.05, 0) is 12.3 Å². The number of hydrogen-bond donors (Lipinski definition) is 0. The van der Waals surface area contributed by atoms with Crippen LogP contribution < -0.4 is 0 Å². The van der Waals surface area contributed by atoms with Gasteiger partial charge in [0.05, 0.1) is 0 Å². The zero-order valence-corrected chi connectivity index (χ0v) is 8.70. The molecule has 0 saturated heterocycles. The summed E-state index contributed by atoms with van der Waals surface area (Å²) in [4.78, 5) is 11.2. The molecule has 0 aliphatic heterocycles. The van der Waals surface area contributed by atoms with Crippen molar-refractivity contribution in [2.24, 2.45) is 5.92 Å². The Hall–Kier alpha value is 0.0200. The molecule has 1 atom stereocenters. The molecule has 0 aromatic carbocycles. The van der Waals surface area contributed by atoms with Crippen LogP contribution in [0, 0.1) is 5.92 Å². The van der Waals surface area contributed by atoms with Gasteiger partial charge in [0.2, 0.25) is 0 Å². The summed E-state index contributed by atoms with van der Waals surface area (Å²) in [6.07, 6.45) is 1.80. The van der Waals surface area contributed by atoms with Crippen molar-refractivity contribution < 1.29 is 4.79 Å². The van der Waals surface area contributed by atoms with Gasteiger partial charge < -0.3 is 0 Å². The second-order valence-electron chi connectivity index (χ2n) is 3.31. The first kappa shape index (κ1) is 11.0. The fraction of sp³-hybridized carbons (Fsp3) is 0.889. The predicted molar refractivity (Wildman–Crippen MR) is 51.8 cm³/mol. The van der Waals surface area contributed by atoms with E-state index >= 15 is 0 Å². The van der Waals surface area contributed by atoms with Crippen LogP contribution in [0.4, 0.5) is 0 Å². The summed E-state index contributed by atoms with van der Waals surface area (Å²) in [5.41, 5.74) is 0. The van der Waals surface area contributed by atoms with E-state index in [-0.39, 0.29) is 0 Å². The molecule has 0 bridgehead atoms. The topological polar surface area (TPSA) is 17.1 Å². The quantitative estimate of drug-likeness (QED) is 0.651. The molecule has 0 saturated carbocycles. The van der Waals surface area contributed by atoms with Crippen LogP contribution in [0.1, 0.15) is 40.5 Å². The molecule has 0 amide bonds. The van der Waals surface area contributed by atoms with E-state index in [1.54, 1.807) is 0 Å². The van der Waals surface area contributed by atoms with Crippen molar-refractivity contribution >= 4 is 16.9 Å². The third kappa shape index (κ3) is 6.42. The zero-order valence-electron chi connectivity index (χ0n) is 7.89. The molecular formula is C9H18OS. The summed E-state index contributed by atoms with van der Waals surface area (Å²) in [7, 11) is 0. The predicted octanol–water partition coefficient (Wildman–Crippen LogP) is 3.09. The first-order chi connectivity index (χ1) is 5.06. The monoisotopic (exact) mass is 174 g/mol. The lowest BCUT2D eigenvalue weighted by atomic mass is 10.2. The van der Waals surface area contributed by atoms with Crippen molar-refractivity contribution in [1.82, 2.24) is 0 Å². The second kappa shape index (κ2) is 5.64. The highest BCUT2D eigenvalue weighted by atomic mass is 32.2. The van der Waals surface area contributed by atoms with Crippen molar-refractivity contribution in [2.45, 2.75) is 45.8 Å². The minimum atomic E-state index is 0.342. The smallest absolute Gasteiger partial charge is 0.189 e. The standard InChI is InChI=1S/C9H18OS/c1-5-8(4)11-9(10)6-7(2)3/h7-8H,5-6H2,1-4H3. The molecule has 1 unspecified atom stereocenters. The summed E-state index contributed by atoms with van der Waals surface area (Å²) >= 11 is 1.49. The van der Waals surface area contributed by atoms with Gasteiger partial charge in [-0.3, -0.25) is 4.79 Å². The normalized spacial score (nSPS) is 13.5. The minimum Gasteiger partial charge on any atom is -0.287 e. The van der Waals surface area contributed by atoms with E-state index in [4.69, 9.17) is 0 Å². The Labute approximate surface area is 73.9 Å². The molecule has 66 valence electrons. The average molecular weight is 174 g/mol. The van der Waals surface area contributed by atoms with Crippen molar-refractivity contribution in [3.63, 3.8) is 0 Å². The Kier molecular flexibility index (Phi) is 5.65. The molecule has 0 aromatic rings. The molecule has 0 fully saturated rings. The van der Waals surface area contributed by atoms with E-state index in [1.807, 2.05) is 0 Å². The van der Waals surface area contributed by atoms with Gasteiger partial charge >= 0.3 is 0 Å². The van der Waals surface area contributed by atoms with Crippen LogP contribution in [0.15, 0.2) is 0 Å². The van der Waals surface area contributed by atoms with E-state index in [9.17, 15) is 4.79 Å². The van der Waals surface area contributed by atoms with E-state index < -0.39 is 0 Å². The van der Waals surface area contributed by atoms with Gasteiger partial charge in [-0.25, -0.2) is 0 Å². The molecule has 0 spiro atoms. The van der Waals surface area contributed by atoms with E-state index in [0.29, 0.717) is 16.3 Å². The van der Waals surface area contributed by atoms with Gasteiger partial charge in [0.25, 0.3) is 0 Å². The van der Waals surface area contributed by atoms with Gasteiger partial charge in [0, 0.05) is 11.7 Å². The second-order valence-corrected chi connectivity index (χ2v) is 4.80. The van der Waals surface area contributed by atoms with Crippen molar-refractivity contribution in [3.8, 4) is 0 Å². The van der Waals surface area contributed by atoms with Crippen LogP contribution in [0.3, 0.4) is 0 Å². The molecule has 0 N–H and O–H groups in total. The van der Waals surface area contributed by atoms with Crippen molar-refractivity contribution in [2.75, 3.05) is 0 Å². The molecular weight excluding hydrogens is 156 g/mol. The zero-order chi connectivity index (χ0) is 8.85. The Morgan fingerprint density at radius 1 is 1.36 bits per heavy atom. The number of thioether (sulfide) groups is 1. The van der Waals surface area contributed by atoms with Gasteiger partial charge in [-0.15, -0.1) is 0 Å². The lowest BCUT2D eigenvalue weighted by Gasteiger charge is -2.07. The molecule has 0 heterocycles. The molecule has 0 radical (unpaired) electrons. The maximum absolute atomic E-state index is 11.2. The van der Waals surface area contributed by atoms with Gasteiger partial charge in [0.15, 0.2) is 5.12 Å². The molecule has 1 nitrogen and oxygen atoms in total. The number of carbonyl (C=O) groups excluding carboxylic acids is 1. The fourth-order valence-electron chi connectivity index (χ4n) is 0.689. The van der Waals surface area contributed by atoms with Gasteiger partial charge in [-0.2, -0.15) is 0 Å². The number of carbonyl (C=O) groups is 1. The Bertz CT molecular complexity index is 121. The SMILES string of the molecule is CCC(C)SC(=O)CC(C)C. The van der Waals surface area contributed by atoms with Crippen LogP contribution >= 0.6 is 11.8 Å². The van der Waals surface area contributed by atoms with Crippen LogP contribution in [0.2, 0.25) is 0 Å². The van der Waals surface area contributed by atoms with E-state index in [0.717, 1.165) is 12.8 Å². The molecule has 0 aliphatic rings. The maximum Gasteiger partial charge on any atom is 0.189 e. The molecule has 2 heteroatoms. The molecule has 0 aromatic heterocycles. The fourth-order valence-corrected chi connectivity index (χ4v) is 1.73. The number of hydrogen-bond acceptors (Lipinski definition) is 2. The molecule has 0 aliphatic carbocycles. The average Bonchev–Trinajstić information content (AvgIpc) is 1.85. The third-order valence-electron chi connectivity index (χ3n) is 1.48. The summed E-state index contributed by atoms with van der Waals surface area (Å²) in [5.74, 6) is 0.499. The van der Waals surface area contributed by atoms with Gasteiger partial charge in [-0.1, -0.05) is 39.5 Å². The summed E-state index contributed by atoms with van der Waals surface area (Å²) < 4.78 is 0. The summed E-state index contributed by atoms with van der Waals surface area (Å²) in [6.45, 7) is 8.37. The van der Waals surface area contributed by atoms with Crippen LogP contribution in [0.5, 0.6) is 0 Å². The lowest BCUT2D eigenvalue weighted by Crippen LogP contribution is -2.03. The van der Waals surface area contributed by atoms with Crippen LogP contribution in [-0.4, -0.2) is 10.4 Å². The van der Waals surface area contributed by atoms with Crippen LogP contribution in [-0.2, 0) is 4.79 Å². The first-order valence-corrected chi connectivity index (χ1v) is 5.13. The van der Waals surface area contributed by atoms with Crippen LogP contribution in [0.25, 0.3) is 0 Å². The maximum atomic E-state index is 11.2. The lowest BCUT2D eigenvalue weighted by molar-refractivity contribution is -0.111. The Balaban J connectivity index is 3.52. The summed E-state index contributed by atoms with van der Waals surface area (Å²) in [5, 5.41) is 0.829. The molecule has 0 rings (SSSR count). The Morgan fingerprint density at radius 2 is 1.91 bits per heavy atom. The highest BCUT2D eigenvalue weighted by molar-refractivity contribution is 8.14. The highest BCUT2D eigenvalue weighted by Crippen LogP contribution is 2.18. The van der Waals surface area contributed by atoms with Crippen molar-refractivity contribution in [1.29, 1.82) is 0 Å². The van der Waals surface area contributed by atoms with Crippen molar-refractivity contribution in [3.05, 3.63) is 0 Å². The van der Waals surface area contributed by atoms with E-state index in [1.165, 1.54) is 11.8 Å². The summed E-state index contributed by atoms with van der Waals surface area (Å²) in [6, 6.07) is 0. The largest absolute Gasteiger partial charge is 0.287 e. The highest BCUT2D eigenvalue weighted by Gasteiger charge is 2.09. The molecule has 11 heavy (non-hydrogen) atoms. The minimum absolute atomic E-state index is 0.342. The third-order valence-corrected chi connectivity index (χ3v) is 2.65. The number of rotatable bonds is 4. The Morgan fingerprint density at radius 3 is 2.27 bits per heavy atom. The first-order valence-electron chi connectivity index (χ1n) is 4.25. The van der Waals surface area contributed by atoms with Gasteiger partial charge in [0.1, 0.15) is 0 Å². The van der Waals surface area contributed by atoms with E-state index in [2.05, 4.69) is 27.7 Å².